The summed E-state index contributed by atoms with van der Waals surface area (Å²) in [6, 6.07) is 8.17. The quantitative estimate of drug-likeness (QED) is 0.910. The van der Waals surface area contributed by atoms with Crippen LogP contribution in [0, 0.1) is 5.92 Å². The summed E-state index contributed by atoms with van der Waals surface area (Å²) in [7, 11) is 0. The van der Waals surface area contributed by atoms with Crippen LogP contribution >= 0.6 is 0 Å². The van der Waals surface area contributed by atoms with Gasteiger partial charge >= 0.3 is 0 Å². The van der Waals surface area contributed by atoms with Crippen LogP contribution in [0.5, 0.6) is 0 Å². The summed E-state index contributed by atoms with van der Waals surface area (Å²) < 4.78 is 5.57. The molecule has 2 saturated heterocycles. The molecular weight excluding hydrogens is 314 g/mol. The lowest BCUT2D eigenvalue weighted by Gasteiger charge is -2.37. The molecule has 0 bridgehead atoms. The van der Waals surface area contributed by atoms with Crippen LogP contribution in [0.2, 0.25) is 0 Å². The zero-order chi connectivity index (χ0) is 18.0. The third kappa shape index (κ3) is 3.75. The average molecular weight is 345 g/mol. The van der Waals surface area contributed by atoms with E-state index in [-0.39, 0.29) is 29.4 Å². The molecule has 4 heteroatoms. The smallest absolute Gasteiger partial charge is 0.254 e. The highest BCUT2D eigenvalue weighted by molar-refractivity contribution is 5.94. The number of likely N-dealkylation sites (tertiary alicyclic amines) is 1. The number of aliphatic hydroxyl groups is 1. The minimum absolute atomic E-state index is 0.0403. The molecule has 4 nitrogen and oxygen atoms in total. The molecule has 1 aromatic carbocycles. The molecule has 2 fully saturated rings. The van der Waals surface area contributed by atoms with E-state index >= 15 is 0 Å². The maximum atomic E-state index is 13.0. The van der Waals surface area contributed by atoms with Crippen molar-refractivity contribution in [1.82, 2.24) is 4.90 Å². The number of nitrogens with zero attached hydrogens (tertiary/aromatic N) is 1. The lowest BCUT2D eigenvalue weighted by atomic mass is 9.82. The Balaban J connectivity index is 1.75. The summed E-state index contributed by atoms with van der Waals surface area (Å²) in [6.45, 7) is 8.59. The van der Waals surface area contributed by atoms with Gasteiger partial charge in [0.05, 0.1) is 12.7 Å². The Hall–Kier alpha value is -1.39. The Morgan fingerprint density at radius 1 is 1.28 bits per heavy atom. The Labute approximate surface area is 151 Å². The van der Waals surface area contributed by atoms with Crippen LogP contribution in [0.4, 0.5) is 0 Å². The van der Waals surface area contributed by atoms with E-state index in [1.807, 2.05) is 17.0 Å². The SMILES string of the molecule is CCC(C)(C)c1ccc(C(=O)N2CCCC2C2COCCC2O)cc1. The fourth-order valence-electron chi connectivity index (χ4n) is 4.04. The molecule has 25 heavy (non-hydrogen) atoms. The van der Waals surface area contributed by atoms with Gasteiger partial charge in [0.2, 0.25) is 0 Å². The summed E-state index contributed by atoms with van der Waals surface area (Å²) in [5.41, 5.74) is 2.13. The molecule has 1 aromatic rings. The zero-order valence-electron chi connectivity index (χ0n) is 15.7. The number of amides is 1. The molecule has 3 unspecified atom stereocenters. The highest BCUT2D eigenvalue weighted by Crippen LogP contribution is 2.32. The van der Waals surface area contributed by atoms with Gasteiger partial charge in [-0.2, -0.15) is 0 Å². The second-order valence-electron chi connectivity index (χ2n) is 8.12. The molecule has 0 saturated carbocycles. The lowest BCUT2D eigenvalue weighted by molar-refractivity contribution is -0.0589. The van der Waals surface area contributed by atoms with Crippen molar-refractivity contribution in [3.8, 4) is 0 Å². The van der Waals surface area contributed by atoms with Crippen molar-refractivity contribution in [2.24, 2.45) is 5.92 Å². The molecule has 1 N–H and O–H groups in total. The van der Waals surface area contributed by atoms with Gasteiger partial charge in [-0.05, 0) is 48.8 Å². The van der Waals surface area contributed by atoms with Crippen molar-refractivity contribution in [1.29, 1.82) is 0 Å². The molecule has 1 amide bonds. The van der Waals surface area contributed by atoms with Crippen molar-refractivity contribution in [3.63, 3.8) is 0 Å². The number of ether oxygens (including phenoxy) is 1. The largest absolute Gasteiger partial charge is 0.393 e. The molecule has 0 aliphatic carbocycles. The molecule has 2 aliphatic rings. The zero-order valence-corrected chi connectivity index (χ0v) is 15.7. The van der Waals surface area contributed by atoms with E-state index in [2.05, 4.69) is 32.9 Å². The molecule has 3 rings (SSSR count). The second kappa shape index (κ2) is 7.46. The number of hydrogen-bond acceptors (Lipinski definition) is 3. The van der Waals surface area contributed by atoms with Crippen LogP contribution in [-0.2, 0) is 10.2 Å². The number of carbonyl (C=O) groups excluding carboxylic acids is 1. The van der Waals surface area contributed by atoms with Crippen molar-refractivity contribution in [2.75, 3.05) is 19.8 Å². The fraction of sp³-hybridized carbons (Fsp3) is 0.667. The van der Waals surface area contributed by atoms with E-state index in [0.29, 0.717) is 19.6 Å². The van der Waals surface area contributed by atoms with E-state index < -0.39 is 0 Å². The van der Waals surface area contributed by atoms with Gasteiger partial charge in [0.15, 0.2) is 0 Å². The van der Waals surface area contributed by atoms with E-state index in [4.69, 9.17) is 4.74 Å². The van der Waals surface area contributed by atoms with Gasteiger partial charge in [0.25, 0.3) is 5.91 Å². The summed E-state index contributed by atoms with van der Waals surface area (Å²) >= 11 is 0. The molecular formula is C21H31NO3. The number of aliphatic hydroxyl groups excluding tert-OH is 1. The topological polar surface area (TPSA) is 49.8 Å². The van der Waals surface area contributed by atoms with Gasteiger partial charge in [-0.1, -0.05) is 32.9 Å². The maximum Gasteiger partial charge on any atom is 0.254 e. The standard InChI is InChI=1S/C21H31NO3/c1-4-21(2,3)16-9-7-15(8-10-16)20(24)22-12-5-6-18(22)17-14-25-13-11-19(17)23/h7-10,17-19,23H,4-6,11-14H2,1-3H3. The van der Waals surface area contributed by atoms with Gasteiger partial charge in [-0.15, -0.1) is 0 Å². The number of benzene rings is 1. The molecule has 2 heterocycles. The van der Waals surface area contributed by atoms with Crippen molar-refractivity contribution in [3.05, 3.63) is 35.4 Å². The fourth-order valence-corrected chi connectivity index (χ4v) is 4.04. The third-order valence-electron chi connectivity index (χ3n) is 6.21. The number of rotatable bonds is 4. The number of hydrogen-bond donors (Lipinski definition) is 1. The van der Waals surface area contributed by atoms with Crippen LogP contribution < -0.4 is 0 Å². The van der Waals surface area contributed by atoms with Crippen molar-refractivity contribution >= 4 is 5.91 Å². The van der Waals surface area contributed by atoms with Gasteiger partial charge in [0.1, 0.15) is 0 Å². The average Bonchev–Trinajstić information content (AvgIpc) is 3.11. The van der Waals surface area contributed by atoms with E-state index in [0.717, 1.165) is 31.4 Å². The first kappa shape index (κ1) is 18.4. The first-order chi connectivity index (χ1) is 11.9. The molecule has 0 aromatic heterocycles. The second-order valence-corrected chi connectivity index (χ2v) is 8.12. The van der Waals surface area contributed by atoms with E-state index in [1.54, 1.807) is 0 Å². The molecule has 3 atom stereocenters. The van der Waals surface area contributed by atoms with Crippen molar-refractivity contribution < 1.29 is 14.6 Å². The molecule has 2 aliphatic heterocycles. The first-order valence-corrected chi connectivity index (χ1v) is 9.61. The molecule has 0 radical (unpaired) electrons. The van der Waals surface area contributed by atoms with Crippen LogP contribution in [0.3, 0.4) is 0 Å². The summed E-state index contributed by atoms with van der Waals surface area (Å²) in [5.74, 6) is 0.125. The van der Waals surface area contributed by atoms with E-state index in [9.17, 15) is 9.90 Å². The first-order valence-electron chi connectivity index (χ1n) is 9.61. The Bertz CT molecular complexity index is 596. The lowest BCUT2D eigenvalue weighted by Crippen LogP contribution is -2.48. The third-order valence-corrected chi connectivity index (χ3v) is 6.21. The monoisotopic (exact) mass is 345 g/mol. The number of carbonyl (C=O) groups is 1. The van der Waals surface area contributed by atoms with Crippen molar-refractivity contribution in [2.45, 2.75) is 64.0 Å². The van der Waals surface area contributed by atoms with Gasteiger partial charge in [0, 0.05) is 30.7 Å². The minimum Gasteiger partial charge on any atom is -0.393 e. The molecule has 0 spiro atoms. The highest BCUT2D eigenvalue weighted by atomic mass is 16.5. The van der Waals surface area contributed by atoms with Gasteiger partial charge in [-0.3, -0.25) is 4.79 Å². The minimum atomic E-state index is -0.361. The van der Waals surface area contributed by atoms with Crippen LogP contribution in [0.1, 0.15) is 62.4 Å². The highest BCUT2D eigenvalue weighted by Gasteiger charge is 2.39. The Kier molecular flexibility index (Phi) is 5.49. The Morgan fingerprint density at radius 2 is 2.00 bits per heavy atom. The normalized spacial score (nSPS) is 27.5. The maximum absolute atomic E-state index is 13.0. The van der Waals surface area contributed by atoms with E-state index in [1.165, 1.54) is 5.56 Å². The van der Waals surface area contributed by atoms with Gasteiger partial charge in [-0.25, -0.2) is 0 Å². The van der Waals surface area contributed by atoms with Crippen LogP contribution in [0.15, 0.2) is 24.3 Å². The van der Waals surface area contributed by atoms with Crippen LogP contribution in [-0.4, -0.2) is 47.8 Å². The summed E-state index contributed by atoms with van der Waals surface area (Å²) in [5, 5.41) is 10.3. The molecule has 138 valence electrons. The van der Waals surface area contributed by atoms with Crippen LogP contribution in [0.25, 0.3) is 0 Å². The Morgan fingerprint density at radius 3 is 2.64 bits per heavy atom. The predicted molar refractivity (Wildman–Crippen MR) is 98.8 cm³/mol. The summed E-state index contributed by atoms with van der Waals surface area (Å²) in [6.07, 6.45) is 3.33. The summed E-state index contributed by atoms with van der Waals surface area (Å²) in [4.78, 5) is 15.0. The predicted octanol–water partition coefficient (Wildman–Crippen LogP) is 3.38. The van der Waals surface area contributed by atoms with Gasteiger partial charge < -0.3 is 14.7 Å².